The fourth-order valence-corrected chi connectivity index (χ4v) is 2.82. The van der Waals surface area contributed by atoms with E-state index in [-0.39, 0.29) is 11.9 Å². The molecule has 0 aromatic rings. The Balaban J connectivity index is 3.68. The van der Waals surface area contributed by atoms with Crippen LogP contribution in [0.15, 0.2) is 0 Å². The molecule has 126 valence electrons. The summed E-state index contributed by atoms with van der Waals surface area (Å²) in [4.78, 5) is 11.9. The Kier molecular flexibility index (Phi) is 10.8. The molecular formula is C19H38O2. The van der Waals surface area contributed by atoms with E-state index in [2.05, 4.69) is 34.6 Å². The molecular weight excluding hydrogens is 260 g/mol. The highest BCUT2D eigenvalue weighted by Crippen LogP contribution is 2.25. The first kappa shape index (κ1) is 20.5. The fourth-order valence-electron chi connectivity index (χ4n) is 2.82. The lowest BCUT2D eigenvalue weighted by Crippen LogP contribution is -2.18. The van der Waals surface area contributed by atoms with Crippen molar-refractivity contribution in [1.29, 1.82) is 0 Å². The van der Waals surface area contributed by atoms with Crippen molar-refractivity contribution in [2.75, 3.05) is 6.61 Å². The molecule has 0 N–H and O–H groups in total. The van der Waals surface area contributed by atoms with Crippen LogP contribution >= 0.6 is 0 Å². The third-order valence-electron chi connectivity index (χ3n) is 3.96. The van der Waals surface area contributed by atoms with Crippen LogP contribution in [-0.4, -0.2) is 12.6 Å². The Labute approximate surface area is 133 Å². The van der Waals surface area contributed by atoms with E-state index < -0.39 is 0 Å². The third-order valence-corrected chi connectivity index (χ3v) is 3.96. The minimum absolute atomic E-state index is 0.00606. The number of carbonyl (C=O) groups excluding carboxylic acids is 1. The second-order valence-corrected chi connectivity index (χ2v) is 7.93. The van der Waals surface area contributed by atoms with Gasteiger partial charge in [-0.15, -0.1) is 0 Å². The number of carbonyl (C=O) groups is 1. The van der Waals surface area contributed by atoms with Crippen molar-refractivity contribution < 1.29 is 9.53 Å². The van der Waals surface area contributed by atoms with Crippen LogP contribution in [0.4, 0.5) is 0 Å². The molecule has 0 rings (SSSR count). The molecule has 21 heavy (non-hydrogen) atoms. The number of hydrogen-bond acceptors (Lipinski definition) is 2. The van der Waals surface area contributed by atoms with E-state index in [4.69, 9.17) is 4.74 Å². The van der Waals surface area contributed by atoms with E-state index in [9.17, 15) is 4.79 Å². The van der Waals surface area contributed by atoms with E-state index in [1.54, 1.807) is 0 Å². The van der Waals surface area contributed by atoms with E-state index in [0.717, 1.165) is 19.3 Å². The van der Waals surface area contributed by atoms with E-state index in [0.29, 0.717) is 17.9 Å². The molecule has 0 aliphatic rings. The van der Waals surface area contributed by atoms with Crippen molar-refractivity contribution >= 4 is 5.97 Å². The van der Waals surface area contributed by atoms with Crippen molar-refractivity contribution in [3.63, 3.8) is 0 Å². The highest BCUT2D eigenvalue weighted by atomic mass is 16.5. The van der Waals surface area contributed by atoms with Crippen molar-refractivity contribution in [3.05, 3.63) is 0 Å². The van der Waals surface area contributed by atoms with Crippen LogP contribution in [0.1, 0.15) is 92.9 Å². The molecule has 0 bridgehead atoms. The summed E-state index contributed by atoms with van der Waals surface area (Å²) in [5.41, 5.74) is 0.356. The number of esters is 1. The molecule has 0 aliphatic carbocycles. The van der Waals surface area contributed by atoms with Gasteiger partial charge in [0.1, 0.15) is 0 Å². The third kappa shape index (κ3) is 12.9. The van der Waals surface area contributed by atoms with Crippen LogP contribution in [0.25, 0.3) is 0 Å². The van der Waals surface area contributed by atoms with Gasteiger partial charge in [0.05, 0.1) is 12.5 Å². The Morgan fingerprint density at radius 3 is 2.19 bits per heavy atom. The average Bonchev–Trinajstić information content (AvgIpc) is 2.35. The minimum atomic E-state index is -0.00606. The molecule has 0 heterocycles. The number of rotatable bonds is 11. The van der Waals surface area contributed by atoms with Gasteiger partial charge in [-0.25, -0.2) is 0 Å². The van der Waals surface area contributed by atoms with Crippen LogP contribution in [0.2, 0.25) is 0 Å². The summed E-state index contributed by atoms with van der Waals surface area (Å²) < 4.78 is 5.43. The maximum Gasteiger partial charge on any atom is 0.308 e. The lowest BCUT2D eigenvalue weighted by Gasteiger charge is -2.23. The average molecular weight is 299 g/mol. The van der Waals surface area contributed by atoms with E-state index in [1.165, 1.54) is 32.1 Å². The monoisotopic (exact) mass is 298 g/mol. The summed E-state index contributed by atoms with van der Waals surface area (Å²) in [5, 5.41) is 0. The van der Waals surface area contributed by atoms with Crippen molar-refractivity contribution in [2.24, 2.45) is 17.3 Å². The number of hydrogen-bond donors (Lipinski definition) is 0. The van der Waals surface area contributed by atoms with Gasteiger partial charge in [-0.05, 0) is 30.6 Å². The van der Waals surface area contributed by atoms with Gasteiger partial charge in [0.2, 0.25) is 0 Å². The second-order valence-electron chi connectivity index (χ2n) is 7.93. The first-order chi connectivity index (χ1) is 9.76. The Morgan fingerprint density at radius 2 is 1.62 bits per heavy atom. The highest BCUT2D eigenvalue weighted by molar-refractivity contribution is 5.71. The van der Waals surface area contributed by atoms with Gasteiger partial charge in [0.15, 0.2) is 0 Å². The smallest absolute Gasteiger partial charge is 0.308 e. The van der Waals surface area contributed by atoms with Gasteiger partial charge >= 0.3 is 5.97 Å². The lowest BCUT2D eigenvalue weighted by molar-refractivity contribution is -0.148. The molecule has 0 radical (unpaired) electrons. The topological polar surface area (TPSA) is 26.3 Å². The zero-order valence-corrected chi connectivity index (χ0v) is 15.3. The first-order valence-electron chi connectivity index (χ1n) is 8.93. The minimum Gasteiger partial charge on any atom is -0.465 e. The Bertz CT molecular complexity index is 265. The van der Waals surface area contributed by atoms with Crippen molar-refractivity contribution in [2.45, 2.75) is 92.9 Å². The molecule has 0 aliphatic heterocycles. The van der Waals surface area contributed by atoms with Crippen molar-refractivity contribution in [3.8, 4) is 0 Å². The summed E-state index contributed by atoms with van der Waals surface area (Å²) in [6.07, 6.45) is 9.39. The summed E-state index contributed by atoms with van der Waals surface area (Å²) in [6, 6.07) is 0. The maximum atomic E-state index is 11.9. The standard InChI is InChI=1S/C19H38O2/c1-7-8-9-10-11-12-17(3)18(20)21-14-13-16(2)15-19(4,5)6/h16-17H,7-15H2,1-6H3. The van der Waals surface area contributed by atoms with Crippen LogP contribution in [0, 0.1) is 17.3 Å². The molecule has 2 unspecified atom stereocenters. The normalized spacial score (nSPS) is 14.8. The van der Waals surface area contributed by atoms with Crippen LogP contribution in [0.3, 0.4) is 0 Å². The summed E-state index contributed by atoms with van der Waals surface area (Å²) >= 11 is 0. The number of unbranched alkanes of at least 4 members (excludes halogenated alkanes) is 4. The molecule has 2 atom stereocenters. The van der Waals surface area contributed by atoms with Gasteiger partial charge in [-0.2, -0.15) is 0 Å². The summed E-state index contributed by atoms with van der Waals surface area (Å²) in [5.74, 6) is 0.667. The zero-order chi connectivity index (χ0) is 16.3. The van der Waals surface area contributed by atoms with Gasteiger partial charge in [-0.1, -0.05) is 73.6 Å². The largest absolute Gasteiger partial charge is 0.465 e. The maximum absolute atomic E-state index is 11.9. The second kappa shape index (κ2) is 11.1. The van der Waals surface area contributed by atoms with Gasteiger partial charge in [0.25, 0.3) is 0 Å². The molecule has 0 amide bonds. The van der Waals surface area contributed by atoms with Crippen molar-refractivity contribution in [1.82, 2.24) is 0 Å². The highest BCUT2D eigenvalue weighted by Gasteiger charge is 2.17. The molecule has 0 fully saturated rings. The predicted octanol–water partition coefficient (Wildman–Crippen LogP) is 5.99. The zero-order valence-electron chi connectivity index (χ0n) is 15.3. The summed E-state index contributed by atoms with van der Waals surface area (Å²) in [6.45, 7) is 13.8. The number of ether oxygens (including phenoxy) is 1. The Morgan fingerprint density at radius 1 is 1.00 bits per heavy atom. The van der Waals surface area contributed by atoms with Crippen LogP contribution < -0.4 is 0 Å². The quantitative estimate of drug-likeness (QED) is 0.346. The SMILES string of the molecule is CCCCCCCC(C)C(=O)OCCC(C)CC(C)(C)C. The van der Waals surface area contributed by atoms with E-state index >= 15 is 0 Å². The molecule has 0 aromatic heterocycles. The fraction of sp³-hybridized carbons (Fsp3) is 0.947. The molecule has 0 spiro atoms. The van der Waals surface area contributed by atoms with Gasteiger partial charge in [-0.3, -0.25) is 4.79 Å². The summed E-state index contributed by atoms with van der Waals surface area (Å²) in [7, 11) is 0. The molecule has 0 saturated heterocycles. The molecule has 2 nitrogen and oxygen atoms in total. The van der Waals surface area contributed by atoms with Crippen LogP contribution in [0.5, 0.6) is 0 Å². The Hall–Kier alpha value is -0.530. The van der Waals surface area contributed by atoms with Gasteiger partial charge < -0.3 is 4.74 Å². The molecule has 2 heteroatoms. The first-order valence-corrected chi connectivity index (χ1v) is 8.93. The molecule has 0 aromatic carbocycles. The molecule has 0 saturated carbocycles. The van der Waals surface area contributed by atoms with E-state index in [1.807, 2.05) is 6.92 Å². The van der Waals surface area contributed by atoms with Crippen LogP contribution in [-0.2, 0) is 9.53 Å². The van der Waals surface area contributed by atoms with Gasteiger partial charge in [0, 0.05) is 0 Å². The predicted molar refractivity (Wildman–Crippen MR) is 91.4 cm³/mol. The lowest BCUT2D eigenvalue weighted by atomic mass is 9.84.